The predicted molar refractivity (Wildman–Crippen MR) is 59.8 cm³/mol. The Morgan fingerprint density at radius 3 is 2.64 bits per heavy atom. The molecule has 0 aliphatic heterocycles. The lowest BCUT2D eigenvalue weighted by Gasteiger charge is -2.29. The van der Waals surface area contributed by atoms with E-state index in [4.69, 9.17) is 0 Å². The molecule has 0 aromatic carbocycles. The van der Waals surface area contributed by atoms with E-state index in [0.717, 1.165) is 31.5 Å². The van der Waals surface area contributed by atoms with Crippen molar-refractivity contribution in [2.75, 3.05) is 6.54 Å². The first-order valence-corrected chi connectivity index (χ1v) is 5.57. The SMILES string of the molecule is CCCCN=C1CC(=O)CC(C)(C)C1. The maximum atomic E-state index is 11.4. The van der Waals surface area contributed by atoms with E-state index in [9.17, 15) is 4.79 Å². The molecule has 0 aromatic heterocycles. The van der Waals surface area contributed by atoms with Crippen molar-refractivity contribution >= 4 is 11.5 Å². The highest BCUT2D eigenvalue weighted by Crippen LogP contribution is 2.31. The van der Waals surface area contributed by atoms with Crippen molar-refractivity contribution in [3.8, 4) is 0 Å². The van der Waals surface area contributed by atoms with Gasteiger partial charge >= 0.3 is 0 Å². The molecular weight excluding hydrogens is 174 g/mol. The summed E-state index contributed by atoms with van der Waals surface area (Å²) >= 11 is 0. The lowest BCUT2D eigenvalue weighted by molar-refractivity contribution is -0.120. The highest BCUT2D eigenvalue weighted by Gasteiger charge is 2.29. The van der Waals surface area contributed by atoms with Crippen LogP contribution >= 0.6 is 0 Å². The molecular formula is C12H21NO. The van der Waals surface area contributed by atoms with Crippen LogP contribution in [0.2, 0.25) is 0 Å². The fourth-order valence-corrected chi connectivity index (χ4v) is 2.01. The Balaban J connectivity index is 2.53. The van der Waals surface area contributed by atoms with Gasteiger partial charge in [0.25, 0.3) is 0 Å². The van der Waals surface area contributed by atoms with E-state index in [2.05, 4.69) is 25.8 Å². The molecule has 0 amide bonds. The van der Waals surface area contributed by atoms with Crippen molar-refractivity contribution in [1.82, 2.24) is 0 Å². The molecule has 0 unspecified atom stereocenters. The van der Waals surface area contributed by atoms with Crippen LogP contribution in [0.25, 0.3) is 0 Å². The smallest absolute Gasteiger partial charge is 0.139 e. The summed E-state index contributed by atoms with van der Waals surface area (Å²) in [6, 6.07) is 0. The van der Waals surface area contributed by atoms with Crippen LogP contribution in [-0.2, 0) is 4.79 Å². The number of unbranched alkanes of at least 4 members (excludes halogenated alkanes) is 1. The van der Waals surface area contributed by atoms with Crippen LogP contribution in [0.4, 0.5) is 0 Å². The molecule has 80 valence electrons. The summed E-state index contributed by atoms with van der Waals surface area (Å²) in [4.78, 5) is 16.0. The highest BCUT2D eigenvalue weighted by atomic mass is 16.1. The molecule has 1 rings (SSSR count). The minimum atomic E-state index is 0.139. The van der Waals surface area contributed by atoms with Crippen LogP contribution < -0.4 is 0 Å². The Morgan fingerprint density at radius 2 is 2.07 bits per heavy atom. The highest BCUT2D eigenvalue weighted by molar-refractivity contribution is 6.04. The second kappa shape index (κ2) is 4.72. The van der Waals surface area contributed by atoms with Crippen LogP contribution in [0, 0.1) is 5.41 Å². The van der Waals surface area contributed by atoms with E-state index in [0.29, 0.717) is 12.2 Å². The Bertz CT molecular complexity index is 241. The number of Topliss-reactive ketones (excluding diaryl/α,β-unsaturated/α-hetero) is 1. The van der Waals surface area contributed by atoms with Gasteiger partial charge in [0, 0.05) is 25.1 Å². The Kier molecular flexibility index (Phi) is 3.85. The molecule has 2 heteroatoms. The average molecular weight is 195 g/mol. The Labute approximate surface area is 86.8 Å². The second-order valence-electron chi connectivity index (χ2n) is 5.03. The molecule has 0 spiro atoms. The molecule has 0 bridgehead atoms. The first kappa shape index (κ1) is 11.4. The summed E-state index contributed by atoms with van der Waals surface area (Å²) in [5, 5.41) is 0. The molecule has 14 heavy (non-hydrogen) atoms. The number of hydrogen-bond acceptors (Lipinski definition) is 2. The Morgan fingerprint density at radius 1 is 1.36 bits per heavy atom. The normalized spacial score (nSPS) is 24.2. The maximum Gasteiger partial charge on any atom is 0.139 e. The summed E-state index contributed by atoms with van der Waals surface area (Å²) in [6.07, 6.45) is 4.64. The van der Waals surface area contributed by atoms with E-state index < -0.39 is 0 Å². The average Bonchev–Trinajstić information content (AvgIpc) is 2.00. The van der Waals surface area contributed by atoms with Gasteiger partial charge in [-0.2, -0.15) is 0 Å². The fraction of sp³-hybridized carbons (Fsp3) is 0.833. The van der Waals surface area contributed by atoms with Crippen LogP contribution in [0.1, 0.15) is 52.9 Å². The molecule has 0 atom stereocenters. The molecule has 0 radical (unpaired) electrons. The summed E-state index contributed by atoms with van der Waals surface area (Å²) in [5.74, 6) is 0.358. The number of hydrogen-bond donors (Lipinski definition) is 0. The van der Waals surface area contributed by atoms with Gasteiger partial charge in [0.05, 0.1) is 0 Å². The van der Waals surface area contributed by atoms with Crippen LogP contribution in [0.5, 0.6) is 0 Å². The topological polar surface area (TPSA) is 29.4 Å². The summed E-state index contributed by atoms with van der Waals surface area (Å²) < 4.78 is 0. The zero-order chi connectivity index (χ0) is 10.6. The van der Waals surface area contributed by atoms with Gasteiger partial charge in [0.1, 0.15) is 5.78 Å². The third-order valence-corrected chi connectivity index (χ3v) is 2.61. The third-order valence-electron chi connectivity index (χ3n) is 2.61. The van der Waals surface area contributed by atoms with Crippen molar-refractivity contribution in [2.45, 2.75) is 52.9 Å². The first-order chi connectivity index (χ1) is 6.53. The van der Waals surface area contributed by atoms with E-state index in [1.165, 1.54) is 6.42 Å². The number of carbonyl (C=O) groups excluding carboxylic acids is 1. The number of aliphatic imine (C=N–C) groups is 1. The standard InChI is InChI=1S/C12H21NO/c1-4-5-6-13-10-7-11(14)9-12(2,3)8-10/h4-9H2,1-3H3. The first-order valence-electron chi connectivity index (χ1n) is 5.57. The molecule has 0 heterocycles. The number of ketones is 1. The summed E-state index contributed by atoms with van der Waals surface area (Å²) in [6.45, 7) is 7.37. The van der Waals surface area contributed by atoms with Gasteiger partial charge in [0.2, 0.25) is 0 Å². The fourth-order valence-electron chi connectivity index (χ4n) is 2.01. The zero-order valence-corrected chi connectivity index (χ0v) is 9.60. The van der Waals surface area contributed by atoms with E-state index in [-0.39, 0.29) is 5.41 Å². The Hall–Kier alpha value is -0.660. The predicted octanol–water partition coefficient (Wildman–Crippen LogP) is 3.01. The second-order valence-corrected chi connectivity index (χ2v) is 5.03. The van der Waals surface area contributed by atoms with E-state index in [1.54, 1.807) is 0 Å². The van der Waals surface area contributed by atoms with Gasteiger partial charge in [-0.1, -0.05) is 27.2 Å². The quantitative estimate of drug-likeness (QED) is 0.636. The molecule has 1 saturated carbocycles. The number of nitrogens with zero attached hydrogens (tertiary/aromatic N) is 1. The minimum absolute atomic E-state index is 0.139. The largest absolute Gasteiger partial charge is 0.299 e. The van der Waals surface area contributed by atoms with Gasteiger partial charge < -0.3 is 0 Å². The van der Waals surface area contributed by atoms with Gasteiger partial charge in [0.15, 0.2) is 0 Å². The van der Waals surface area contributed by atoms with Crippen molar-refractivity contribution in [3.05, 3.63) is 0 Å². The lowest BCUT2D eigenvalue weighted by Crippen LogP contribution is -2.29. The third kappa shape index (κ3) is 3.60. The molecule has 0 saturated heterocycles. The van der Waals surface area contributed by atoms with Gasteiger partial charge in [-0.3, -0.25) is 9.79 Å². The summed E-state index contributed by atoms with van der Waals surface area (Å²) in [5.41, 5.74) is 1.26. The maximum absolute atomic E-state index is 11.4. The van der Waals surface area contributed by atoms with E-state index >= 15 is 0 Å². The summed E-state index contributed by atoms with van der Waals surface area (Å²) in [7, 11) is 0. The van der Waals surface area contributed by atoms with Crippen LogP contribution in [0.15, 0.2) is 4.99 Å². The van der Waals surface area contributed by atoms with Crippen LogP contribution in [-0.4, -0.2) is 18.0 Å². The lowest BCUT2D eigenvalue weighted by atomic mass is 9.76. The molecule has 1 fully saturated rings. The van der Waals surface area contributed by atoms with E-state index in [1.807, 2.05) is 0 Å². The monoisotopic (exact) mass is 195 g/mol. The molecule has 0 aromatic rings. The molecule has 1 aliphatic rings. The minimum Gasteiger partial charge on any atom is -0.299 e. The van der Waals surface area contributed by atoms with Crippen molar-refractivity contribution in [1.29, 1.82) is 0 Å². The van der Waals surface area contributed by atoms with Crippen molar-refractivity contribution in [2.24, 2.45) is 10.4 Å². The molecule has 0 N–H and O–H groups in total. The van der Waals surface area contributed by atoms with Crippen molar-refractivity contribution < 1.29 is 4.79 Å². The van der Waals surface area contributed by atoms with Gasteiger partial charge in [-0.05, 0) is 18.3 Å². The zero-order valence-electron chi connectivity index (χ0n) is 9.60. The molecule has 2 nitrogen and oxygen atoms in total. The molecule has 1 aliphatic carbocycles. The number of carbonyl (C=O) groups is 1. The van der Waals surface area contributed by atoms with Gasteiger partial charge in [-0.15, -0.1) is 0 Å². The van der Waals surface area contributed by atoms with Gasteiger partial charge in [-0.25, -0.2) is 0 Å². The van der Waals surface area contributed by atoms with Crippen LogP contribution in [0.3, 0.4) is 0 Å². The number of rotatable bonds is 3. The van der Waals surface area contributed by atoms with Crippen molar-refractivity contribution in [3.63, 3.8) is 0 Å².